The summed E-state index contributed by atoms with van der Waals surface area (Å²) < 4.78 is 14.4. The van der Waals surface area contributed by atoms with Gasteiger partial charge in [-0.3, -0.25) is 19.8 Å². The molecule has 5 rings (SSSR count). The van der Waals surface area contributed by atoms with Crippen LogP contribution in [-0.4, -0.2) is 47.4 Å². The van der Waals surface area contributed by atoms with Gasteiger partial charge in [0.2, 0.25) is 11.8 Å². The summed E-state index contributed by atoms with van der Waals surface area (Å²) in [5.41, 5.74) is 3.74. The van der Waals surface area contributed by atoms with Crippen molar-refractivity contribution in [3.8, 4) is 0 Å². The summed E-state index contributed by atoms with van der Waals surface area (Å²) in [4.78, 5) is 27.8. The molecule has 2 fully saturated rings. The van der Waals surface area contributed by atoms with Crippen LogP contribution in [0.3, 0.4) is 0 Å². The van der Waals surface area contributed by atoms with Crippen LogP contribution in [0.2, 0.25) is 0 Å². The van der Waals surface area contributed by atoms with Crippen molar-refractivity contribution >= 4 is 29.1 Å². The lowest BCUT2D eigenvalue weighted by atomic mass is 9.94. The molecule has 8 heteroatoms. The average molecular weight is 495 g/mol. The molecular formula is C27H31FN4O2S. The molecule has 3 aliphatic heterocycles. The Hall–Kier alpha value is -2.68. The molecule has 35 heavy (non-hydrogen) atoms. The molecule has 2 amide bonds. The molecule has 3 atom stereocenters. The van der Waals surface area contributed by atoms with E-state index in [1.165, 1.54) is 23.4 Å². The van der Waals surface area contributed by atoms with E-state index in [2.05, 4.69) is 52.0 Å². The Kier molecular flexibility index (Phi) is 7.22. The number of halogens is 1. The van der Waals surface area contributed by atoms with Gasteiger partial charge in [-0.15, -0.1) is 11.8 Å². The van der Waals surface area contributed by atoms with E-state index >= 15 is 0 Å². The fraction of sp³-hybridized carbons (Fsp3) is 0.407. The van der Waals surface area contributed by atoms with E-state index in [0.717, 1.165) is 30.4 Å². The second-order valence-electron chi connectivity index (χ2n) is 9.36. The minimum atomic E-state index is -0.335. The Morgan fingerprint density at radius 1 is 1.11 bits per heavy atom. The first-order chi connectivity index (χ1) is 17.0. The van der Waals surface area contributed by atoms with Gasteiger partial charge in [0.1, 0.15) is 17.4 Å². The molecule has 0 aromatic heterocycles. The van der Waals surface area contributed by atoms with Crippen LogP contribution in [0, 0.1) is 11.7 Å². The number of likely N-dealkylation sites (tertiary alicyclic amines) is 1. The van der Waals surface area contributed by atoms with Crippen LogP contribution in [0.15, 0.2) is 53.9 Å². The molecule has 6 nitrogen and oxygen atoms in total. The molecule has 0 bridgehead atoms. The summed E-state index contributed by atoms with van der Waals surface area (Å²) in [5.74, 6) is -0.274. The number of nitrogens with zero attached hydrogens (tertiary/aromatic N) is 1. The third-order valence-electron chi connectivity index (χ3n) is 7.20. The Labute approximate surface area is 209 Å². The summed E-state index contributed by atoms with van der Waals surface area (Å²) in [7, 11) is 0. The first-order valence-corrected chi connectivity index (χ1v) is 13.2. The Morgan fingerprint density at radius 3 is 2.54 bits per heavy atom. The Balaban J connectivity index is 1.15. The predicted octanol–water partition coefficient (Wildman–Crippen LogP) is 3.24. The number of thioether (sulfide) groups is 1. The van der Waals surface area contributed by atoms with Gasteiger partial charge in [0.05, 0.1) is 6.04 Å². The first kappa shape index (κ1) is 24.0. The zero-order chi connectivity index (χ0) is 24.4. The second-order valence-corrected chi connectivity index (χ2v) is 10.4. The lowest BCUT2D eigenvalue weighted by molar-refractivity contribution is -0.129. The van der Waals surface area contributed by atoms with E-state index in [4.69, 9.17) is 0 Å². The molecule has 2 aromatic carbocycles. The Bertz CT molecular complexity index is 1110. The molecular weight excluding hydrogens is 463 g/mol. The van der Waals surface area contributed by atoms with E-state index in [-0.39, 0.29) is 41.1 Å². The summed E-state index contributed by atoms with van der Waals surface area (Å²) in [6.45, 7) is 4.06. The van der Waals surface area contributed by atoms with Gasteiger partial charge in [-0.05, 0) is 47.4 Å². The van der Waals surface area contributed by atoms with Crippen LogP contribution in [0.1, 0.15) is 36.5 Å². The molecule has 184 valence electrons. The number of hydrogen-bond donors (Lipinski definition) is 3. The minimum absolute atomic E-state index is 0.0379. The zero-order valence-corrected chi connectivity index (χ0v) is 20.6. The number of carbonyl (C=O) groups excluding carboxylic acids is 2. The molecule has 3 heterocycles. The van der Waals surface area contributed by atoms with E-state index in [0.29, 0.717) is 25.2 Å². The summed E-state index contributed by atoms with van der Waals surface area (Å²) >= 11 is 1.43. The minimum Gasteiger partial charge on any atom is -0.352 e. The van der Waals surface area contributed by atoms with E-state index in [1.54, 1.807) is 12.1 Å². The lowest BCUT2D eigenvalue weighted by Gasteiger charge is -2.43. The first-order valence-electron chi connectivity index (χ1n) is 12.3. The maximum absolute atomic E-state index is 14.4. The SMILES string of the molecule is CCc1ccc(CNC(=O)C2CCN(C3NC(=O)C4SC=C(c5ccccc5F)C4N3)CC2)cc1. The predicted molar refractivity (Wildman–Crippen MR) is 137 cm³/mol. The van der Waals surface area contributed by atoms with Crippen molar-refractivity contribution in [2.45, 2.75) is 50.3 Å². The van der Waals surface area contributed by atoms with Crippen molar-refractivity contribution in [3.63, 3.8) is 0 Å². The van der Waals surface area contributed by atoms with Crippen molar-refractivity contribution in [3.05, 3.63) is 76.4 Å². The van der Waals surface area contributed by atoms with Gasteiger partial charge in [0.25, 0.3) is 0 Å². The van der Waals surface area contributed by atoms with Crippen molar-refractivity contribution in [1.82, 2.24) is 20.9 Å². The maximum atomic E-state index is 14.4. The molecule has 0 aliphatic carbocycles. The standard InChI is InChI=1S/C27H31FN4O2S/c1-2-17-7-9-18(10-8-17)15-29-25(33)19-11-13-32(14-12-19)27-30-23-21(16-35-24(23)26(34)31-27)20-5-3-4-6-22(20)28/h3-10,16,19,23-24,27,30H,2,11-15H2,1H3,(H,29,33)(H,31,34). The summed E-state index contributed by atoms with van der Waals surface area (Å²) in [6.07, 6.45) is 2.13. The smallest absolute Gasteiger partial charge is 0.237 e. The van der Waals surface area contributed by atoms with Crippen LogP contribution >= 0.6 is 11.8 Å². The highest BCUT2D eigenvalue weighted by Gasteiger charge is 2.44. The van der Waals surface area contributed by atoms with Crippen molar-refractivity contribution < 1.29 is 14.0 Å². The summed E-state index contributed by atoms with van der Waals surface area (Å²) in [5, 5.41) is 11.3. The van der Waals surface area contributed by atoms with Crippen molar-refractivity contribution in [2.75, 3.05) is 13.1 Å². The monoisotopic (exact) mass is 494 g/mol. The van der Waals surface area contributed by atoms with Gasteiger partial charge in [-0.1, -0.05) is 49.4 Å². The number of piperidine rings is 1. The highest BCUT2D eigenvalue weighted by Crippen LogP contribution is 2.39. The molecule has 0 radical (unpaired) electrons. The number of hydrogen-bond acceptors (Lipinski definition) is 5. The van der Waals surface area contributed by atoms with Crippen LogP contribution in [0.4, 0.5) is 4.39 Å². The number of aryl methyl sites for hydroxylation is 1. The molecule has 0 spiro atoms. The molecule has 0 saturated carbocycles. The van der Waals surface area contributed by atoms with E-state index < -0.39 is 0 Å². The van der Waals surface area contributed by atoms with Gasteiger partial charge < -0.3 is 10.6 Å². The van der Waals surface area contributed by atoms with Gasteiger partial charge in [-0.25, -0.2) is 4.39 Å². The lowest BCUT2D eigenvalue weighted by Crippen LogP contribution is -2.68. The molecule has 2 aromatic rings. The largest absolute Gasteiger partial charge is 0.352 e. The number of rotatable bonds is 6. The topological polar surface area (TPSA) is 73.5 Å². The number of benzene rings is 2. The maximum Gasteiger partial charge on any atom is 0.237 e. The number of nitrogens with one attached hydrogen (secondary N) is 3. The number of fused-ring (bicyclic) bond motifs is 1. The van der Waals surface area contributed by atoms with E-state index in [9.17, 15) is 14.0 Å². The summed E-state index contributed by atoms with van der Waals surface area (Å²) in [6, 6.07) is 14.8. The Morgan fingerprint density at radius 2 is 1.83 bits per heavy atom. The van der Waals surface area contributed by atoms with Crippen LogP contribution in [0.5, 0.6) is 0 Å². The van der Waals surface area contributed by atoms with Crippen molar-refractivity contribution in [2.24, 2.45) is 5.92 Å². The van der Waals surface area contributed by atoms with Gasteiger partial charge in [-0.2, -0.15) is 0 Å². The van der Waals surface area contributed by atoms with Crippen molar-refractivity contribution in [1.29, 1.82) is 0 Å². The second kappa shape index (κ2) is 10.5. The molecule has 3 unspecified atom stereocenters. The molecule has 3 N–H and O–H groups in total. The highest BCUT2D eigenvalue weighted by molar-refractivity contribution is 8.04. The van der Waals surface area contributed by atoms with Crippen LogP contribution in [0.25, 0.3) is 5.57 Å². The molecule has 2 saturated heterocycles. The van der Waals surface area contributed by atoms with Crippen LogP contribution in [-0.2, 0) is 22.6 Å². The fourth-order valence-corrected chi connectivity index (χ4v) is 6.19. The van der Waals surface area contributed by atoms with Gasteiger partial charge in [0.15, 0.2) is 0 Å². The third kappa shape index (κ3) is 5.15. The number of carbonyl (C=O) groups is 2. The zero-order valence-electron chi connectivity index (χ0n) is 19.8. The van der Waals surface area contributed by atoms with E-state index in [1.807, 2.05) is 11.5 Å². The third-order valence-corrected chi connectivity index (χ3v) is 8.37. The van der Waals surface area contributed by atoms with Gasteiger partial charge in [0, 0.05) is 31.1 Å². The normalized spacial score (nSPS) is 25.0. The average Bonchev–Trinajstić information content (AvgIpc) is 3.32. The molecule has 3 aliphatic rings. The highest BCUT2D eigenvalue weighted by atomic mass is 32.2. The quantitative estimate of drug-likeness (QED) is 0.575. The fourth-order valence-electron chi connectivity index (χ4n) is 5.05. The van der Waals surface area contributed by atoms with Crippen LogP contribution < -0.4 is 16.0 Å². The van der Waals surface area contributed by atoms with Gasteiger partial charge >= 0.3 is 0 Å². The number of amides is 2.